The van der Waals surface area contributed by atoms with Crippen LogP contribution in [0.15, 0.2) is 36.4 Å². The summed E-state index contributed by atoms with van der Waals surface area (Å²) in [5.74, 6) is -2.80. The Morgan fingerprint density at radius 1 is 1.23 bits per heavy atom. The number of aliphatic carboxylic acids is 1. The van der Waals surface area contributed by atoms with Crippen molar-refractivity contribution in [3.05, 3.63) is 64.6 Å². The smallest absolute Gasteiger partial charge is 0.404 e. The van der Waals surface area contributed by atoms with Crippen LogP contribution in [0, 0.1) is 18.7 Å². The highest BCUT2D eigenvalue weighted by Gasteiger charge is 2.51. The van der Waals surface area contributed by atoms with Crippen LogP contribution in [0.25, 0.3) is 10.9 Å². The Hall–Kier alpha value is -3.18. The van der Waals surface area contributed by atoms with Crippen molar-refractivity contribution in [2.45, 2.75) is 44.9 Å². The summed E-state index contributed by atoms with van der Waals surface area (Å²) in [7, 11) is 0. The standard InChI is InChI=1S/C28H32F5N3O3/c1-16(27(37)38)15-36-23(28(31,32)33)14-19-18-6-3-4-7-21(18)35-25(19)26(36)24-17(2)22(9-8-20(24)30)39-13-12-34-11-5-10-29/h3-4,6-9,16,23,26,34-35H,5,10-15H2,1-2H3,(H,37,38)/t16?,23-,26+/m0/s1. The molecule has 0 saturated heterocycles. The molecule has 0 radical (unpaired) electrons. The van der Waals surface area contributed by atoms with Crippen molar-refractivity contribution in [3.8, 4) is 5.75 Å². The van der Waals surface area contributed by atoms with Crippen molar-refractivity contribution in [3.63, 3.8) is 0 Å². The van der Waals surface area contributed by atoms with Crippen molar-refractivity contribution in [1.29, 1.82) is 0 Å². The normalized spacial score (nSPS) is 18.7. The van der Waals surface area contributed by atoms with E-state index in [4.69, 9.17) is 4.74 Å². The average Bonchev–Trinajstić information content (AvgIpc) is 3.25. The Balaban J connectivity index is 1.83. The van der Waals surface area contributed by atoms with E-state index in [0.29, 0.717) is 53.0 Å². The van der Waals surface area contributed by atoms with Gasteiger partial charge in [0.05, 0.1) is 18.6 Å². The molecule has 1 unspecified atom stereocenters. The Morgan fingerprint density at radius 2 is 1.97 bits per heavy atom. The first-order valence-corrected chi connectivity index (χ1v) is 12.9. The molecule has 0 aliphatic carbocycles. The largest absolute Gasteiger partial charge is 0.492 e. The number of halogens is 5. The minimum Gasteiger partial charge on any atom is -0.492 e. The molecule has 0 amide bonds. The van der Waals surface area contributed by atoms with Crippen LogP contribution in [0.5, 0.6) is 5.75 Å². The van der Waals surface area contributed by atoms with Crippen LogP contribution < -0.4 is 10.1 Å². The molecule has 3 atom stereocenters. The van der Waals surface area contributed by atoms with E-state index in [-0.39, 0.29) is 12.2 Å². The van der Waals surface area contributed by atoms with Gasteiger partial charge in [0, 0.05) is 35.2 Å². The molecule has 3 aromatic rings. The third kappa shape index (κ3) is 6.04. The van der Waals surface area contributed by atoms with Gasteiger partial charge in [-0.25, -0.2) is 4.39 Å². The topological polar surface area (TPSA) is 77.6 Å². The molecule has 1 aliphatic rings. The predicted octanol–water partition coefficient (Wildman–Crippen LogP) is 5.54. The molecular formula is C28H32F5N3O3. The van der Waals surface area contributed by atoms with Crippen LogP contribution in [0.1, 0.15) is 41.8 Å². The first-order chi connectivity index (χ1) is 18.5. The molecule has 212 valence electrons. The Kier molecular flexibility index (Phi) is 8.80. The summed E-state index contributed by atoms with van der Waals surface area (Å²) in [4.78, 5) is 16.0. The van der Waals surface area contributed by atoms with Crippen molar-refractivity contribution in [2.24, 2.45) is 5.92 Å². The van der Waals surface area contributed by atoms with E-state index in [0.717, 1.165) is 11.0 Å². The lowest BCUT2D eigenvalue weighted by Gasteiger charge is -2.44. The van der Waals surface area contributed by atoms with Crippen LogP contribution in [-0.2, 0) is 11.2 Å². The number of alkyl halides is 4. The van der Waals surface area contributed by atoms with Gasteiger partial charge in [0.15, 0.2) is 0 Å². The van der Waals surface area contributed by atoms with Crippen molar-refractivity contribution in [1.82, 2.24) is 15.2 Å². The summed E-state index contributed by atoms with van der Waals surface area (Å²) >= 11 is 0. The monoisotopic (exact) mass is 553 g/mol. The molecule has 39 heavy (non-hydrogen) atoms. The average molecular weight is 554 g/mol. The zero-order valence-corrected chi connectivity index (χ0v) is 21.7. The zero-order chi connectivity index (χ0) is 28.3. The molecular weight excluding hydrogens is 521 g/mol. The first-order valence-electron chi connectivity index (χ1n) is 12.9. The molecule has 4 rings (SSSR count). The third-order valence-electron chi connectivity index (χ3n) is 7.24. The summed E-state index contributed by atoms with van der Waals surface area (Å²) in [5.41, 5.74) is 1.77. The van der Waals surface area contributed by atoms with Gasteiger partial charge in [-0.2, -0.15) is 13.2 Å². The van der Waals surface area contributed by atoms with E-state index in [1.54, 1.807) is 31.2 Å². The van der Waals surface area contributed by atoms with Gasteiger partial charge in [0.25, 0.3) is 0 Å². The minimum absolute atomic E-state index is 0.00256. The molecule has 0 fully saturated rings. The molecule has 2 heterocycles. The number of fused-ring (bicyclic) bond motifs is 3. The predicted molar refractivity (Wildman–Crippen MR) is 137 cm³/mol. The van der Waals surface area contributed by atoms with Crippen LogP contribution in [-0.4, -0.2) is 66.1 Å². The molecule has 0 bridgehead atoms. The Morgan fingerprint density at radius 3 is 2.67 bits per heavy atom. The summed E-state index contributed by atoms with van der Waals surface area (Å²) in [5, 5.41) is 13.2. The van der Waals surface area contributed by atoms with Crippen LogP contribution in [0.4, 0.5) is 22.0 Å². The lowest BCUT2D eigenvalue weighted by molar-refractivity contribution is -0.193. The van der Waals surface area contributed by atoms with E-state index >= 15 is 4.39 Å². The molecule has 11 heteroatoms. The van der Waals surface area contributed by atoms with E-state index in [9.17, 15) is 27.5 Å². The molecule has 3 N–H and O–H groups in total. The lowest BCUT2D eigenvalue weighted by Crippen LogP contribution is -2.54. The highest BCUT2D eigenvalue weighted by atomic mass is 19.4. The Bertz CT molecular complexity index is 1310. The zero-order valence-electron chi connectivity index (χ0n) is 21.7. The molecule has 6 nitrogen and oxygen atoms in total. The number of benzene rings is 2. The molecule has 1 aromatic heterocycles. The van der Waals surface area contributed by atoms with Gasteiger partial charge in [-0.05, 0) is 55.6 Å². The van der Waals surface area contributed by atoms with Crippen LogP contribution >= 0.6 is 0 Å². The molecule has 1 aliphatic heterocycles. The van der Waals surface area contributed by atoms with Gasteiger partial charge in [0.1, 0.15) is 24.2 Å². The number of para-hydroxylation sites is 1. The second-order valence-corrected chi connectivity index (χ2v) is 9.89. The lowest BCUT2D eigenvalue weighted by atomic mass is 9.85. The minimum atomic E-state index is -4.70. The van der Waals surface area contributed by atoms with Gasteiger partial charge in [-0.15, -0.1) is 0 Å². The number of nitrogens with zero attached hydrogens (tertiary/aromatic N) is 1. The number of aromatic amines is 1. The number of carbonyl (C=O) groups is 1. The fraction of sp³-hybridized carbons (Fsp3) is 0.464. The quantitative estimate of drug-likeness (QED) is 0.215. The summed E-state index contributed by atoms with van der Waals surface area (Å²) in [6.07, 6.45) is -4.73. The van der Waals surface area contributed by atoms with Gasteiger partial charge < -0.3 is 20.1 Å². The van der Waals surface area contributed by atoms with Crippen molar-refractivity contribution in [2.75, 3.05) is 32.9 Å². The van der Waals surface area contributed by atoms with Gasteiger partial charge in [0.2, 0.25) is 0 Å². The maximum atomic E-state index is 15.6. The fourth-order valence-corrected chi connectivity index (χ4v) is 5.29. The number of hydrogen-bond donors (Lipinski definition) is 3. The summed E-state index contributed by atoms with van der Waals surface area (Å²) < 4.78 is 77.4. The van der Waals surface area contributed by atoms with Gasteiger partial charge in [-0.3, -0.25) is 14.1 Å². The molecule has 2 aromatic carbocycles. The second kappa shape index (κ2) is 11.9. The fourth-order valence-electron chi connectivity index (χ4n) is 5.29. The SMILES string of the molecule is Cc1c(OCCNCCCF)ccc(F)c1[C@@H]1c2[nH]c3ccccc3c2C[C@@H](C(F)(F)F)N1CC(C)C(=O)O. The number of nitrogens with one attached hydrogen (secondary N) is 2. The summed E-state index contributed by atoms with van der Waals surface area (Å²) in [6, 6.07) is 6.28. The maximum absolute atomic E-state index is 15.6. The van der Waals surface area contributed by atoms with Crippen molar-refractivity contribution < 1.29 is 36.6 Å². The first kappa shape index (κ1) is 28.8. The van der Waals surface area contributed by atoms with E-state index in [1.165, 1.54) is 13.0 Å². The number of aromatic nitrogens is 1. The highest BCUT2D eigenvalue weighted by molar-refractivity contribution is 5.85. The van der Waals surface area contributed by atoms with Gasteiger partial charge in [-0.1, -0.05) is 25.1 Å². The summed E-state index contributed by atoms with van der Waals surface area (Å²) in [6.45, 7) is 3.09. The highest BCUT2D eigenvalue weighted by Crippen LogP contribution is 2.47. The number of carboxylic acid groups (broad SMARTS) is 1. The number of rotatable bonds is 11. The van der Waals surface area contributed by atoms with Crippen molar-refractivity contribution >= 4 is 16.9 Å². The Labute approximate surface area is 223 Å². The number of hydrogen-bond acceptors (Lipinski definition) is 4. The van der Waals surface area contributed by atoms with Gasteiger partial charge >= 0.3 is 12.1 Å². The molecule has 0 spiro atoms. The number of ether oxygens (including phenoxy) is 1. The van der Waals surface area contributed by atoms with Crippen LogP contribution in [0.2, 0.25) is 0 Å². The number of H-pyrrole nitrogens is 1. The van der Waals surface area contributed by atoms with E-state index in [1.807, 2.05) is 0 Å². The van der Waals surface area contributed by atoms with E-state index < -0.39 is 55.6 Å². The maximum Gasteiger partial charge on any atom is 0.404 e. The van der Waals surface area contributed by atoms with Crippen LogP contribution in [0.3, 0.4) is 0 Å². The number of carboxylic acids is 1. The third-order valence-corrected chi connectivity index (χ3v) is 7.24. The molecule has 0 saturated carbocycles. The van der Waals surface area contributed by atoms with E-state index in [2.05, 4.69) is 10.3 Å². The second-order valence-electron chi connectivity index (χ2n) is 9.89.